The number of benzene rings is 1. The van der Waals surface area contributed by atoms with E-state index in [1.807, 2.05) is 17.0 Å². The monoisotopic (exact) mass is 259 g/mol. The predicted octanol–water partition coefficient (Wildman–Crippen LogP) is 0.841. The molecule has 2 aliphatic rings. The normalized spacial score (nSPS) is 21.5. The fraction of sp³-hybridized carbons (Fsp3) is 0.357. The highest BCUT2D eigenvalue weighted by Crippen LogP contribution is 2.33. The van der Waals surface area contributed by atoms with Gasteiger partial charge in [0.1, 0.15) is 6.10 Å². The Bertz CT molecular complexity index is 529. The summed E-state index contributed by atoms with van der Waals surface area (Å²) in [5.41, 5.74) is 8.86. The molecule has 1 aromatic rings. The van der Waals surface area contributed by atoms with Gasteiger partial charge in [-0.05, 0) is 36.8 Å². The minimum Gasteiger partial charge on any atom is -0.473 e. The molecule has 1 saturated heterocycles. The smallest absolute Gasteiger partial charge is 0.214 e. The maximum absolute atomic E-state index is 10.9. The highest BCUT2D eigenvalue weighted by atomic mass is 16.5. The van der Waals surface area contributed by atoms with Crippen LogP contribution in [0.15, 0.2) is 30.7 Å². The molecule has 2 N–H and O–H groups in total. The summed E-state index contributed by atoms with van der Waals surface area (Å²) < 4.78 is 5.58. The van der Waals surface area contributed by atoms with Crippen molar-refractivity contribution in [3.8, 4) is 0 Å². The number of nitrogens with zero attached hydrogens (tertiary/aromatic N) is 2. The second kappa shape index (κ2) is 4.59. The van der Waals surface area contributed by atoms with Crippen LogP contribution in [0.1, 0.15) is 5.56 Å². The van der Waals surface area contributed by atoms with Crippen LogP contribution < -0.4 is 15.5 Å². The molecule has 2 heterocycles. The van der Waals surface area contributed by atoms with E-state index in [4.69, 9.17) is 10.5 Å². The summed E-state index contributed by atoms with van der Waals surface area (Å²) in [7, 11) is 0. The summed E-state index contributed by atoms with van der Waals surface area (Å²) >= 11 is 0. The maximum atomic E-state index is 10.9. The van der Waals surface area contributed by atoms with Gasteiger partial charge in [-0.2, -0.15) is 0 Å². The Hall–Kier alpha value is -2.01. The van der Waals surface area contributed by atoms with Crippen LogP contribution in [0.25, 0.3) is 0 Å². The molecule has 0 bridgehead atoms. The minimum atomic E-state index is 0.00669. The van der Waals surface area contributed by atoms with Crippen molar-refractivity contribution >= 4 is 17.8 Å². The largest absolute Gasteiger partial charge is 0.473 e. The van der Waals surface area contributed by atoms with E-state index < -0.39 is 0 Å². The van der Waals surface area contributed by atoms with E-state index in [1.165, 1.54) is 5.56 Å². The Morgan fingerprint density at radius 1 is 1.53 bits per heavy atom. The first-order valence-electron chi connectivity index (χ1n) is 6.41. The lowest BCUT2D eigenvalue weighted by molar-refractivity contribution is -0.107. The van der Waals surface area contributed by atoms with Gasteiger partial charge < -0.3 is 20.3 Å². The zero-order valence-electron chi connectivity index (χ0n) is 10.7. The highest BCUT2D eigenvalue weighted by Gasteiger charge is 2.28. The van der Waals surface area contributed by atoms with Crippen LogP contribution >= 0.6 is 0 Å². The van der Waals surface area contributed by atoms with Crippen molar-refractivity contribution in [2.45, 2.75) is 12.5 Å². The Morgan fingerprint density at radius 3 is 3.05 bits per heavy atom. The Labute approximate surface area is 112 Å². The molecule has 1 unspecified atom stereocenters. The molecule has 2 aliphatic heterocycles. The number of carbonyl (C=O) groups is 1. The summed E-state index contributed by atoms with van der Waals surface area (Å²) in [6.45, 7) is 5.88. The molecule has 0 radical (unpaired) electrons. The van der Waals surface area contributed by atoms with Crippen LogP contribution in [-0.2, 0) is 16.0 Å². The molecular formula is C14H17N3O2. The van der Waals surface area contributed by atoms with Gasteiger partial charge in [-0.25, -0.2) is 0 Å². The number of fused-ring (bicyclic) bond motifs is 1. The number of nitrogens with two attached hydrogens (primary N) is 1. The van der Waals surface area contributed by atoms with Crippen molar-refractivity contribution in [3.05, 3.63) is 36.2 Å². The fourth-order valence-corrected chi connectivity index (χ4v) is 2.66. The average Bonchev–Trinajstić information content (AvgIpc) is 3.00. The molecule has 100 valence electrons. The van der Waals surface area contributed by atoms with Crippen molar-refractivity contribution in [3.63, 3.8) is 0 Å². The van der Waals surface area contributed by atoms with Gasteiger partial charge in [0.25, 0.3) is 0 Å². The first kappa shape index (κ1) is 12.0. The quantitative estimate of drug-likeness (QED) is 0.817. The van der Waals surface area contributed by atoms with Crippen LogP contribution in [0, 0.1) is 0 Å². The van der Waals surface area contributed by atoms with Gasteiger partial charge >= 0.3 is 0 Å². The van der Waals surface area contributed by atoms with E-state index in [-0.39, 0.29) is 6.10 Å². The molecule has 19 heavy (non-hydrogen) atoms. The fourth-order valence-electron chi connectivity index (χ4n) is 2.66. The van der Waals surface area contributed by atoms with Crippen LogP contribution in [0.2, 0.25) is 0 Å². The molecule has 1 amide bonds. The first-order chi connectivity index (χ1) is 9.22. The third kappa shape index (κ3) is 1.96. The number of hydrogen-bond acceptors (Lipinski definition) is 4. The minimum absolute atomic E-state index is 0.00669. The van der Waals surface area contributed by atoms with Gasteiger partial charge in [0.2, 0.25) is 6.41 Å². The van der Waals surface area contributed by atoms with Crippen molar-refractivity contribution in [1.82, 2.24) is 0 Å². The third-order valence-electron chi connectivity index (χ3n) is 3.69. The second-order valence-electron chi connectivity index (χ2n) is 4.84. The number of ether oxygens (including phenoxy) is 1. The second-order valence-corrected chi connectivity index (χ2v) is 4.84. The van der Waals surface area contributed by atoms with Crippen molar-refractivity contribution < 1.29 is 9.53 Å². The molecule has 0 aromatic heterocycles. The number of anilines is 2. The Kier molecular flexibility index (Phi) is 2.91. The summed E-state index contributed by atoms with van der Waals surface area (Å²) in [5, 5.41) is 0. The van der Waals surface area contributed by atoms with Gasteiger partial charge in [-0.15, -0.1) is 0 Å². The first-order valence-corrected chi connectivity index (χ1v) is 6.41. The lowest BCUT2D eigenvalue weighted by Crippen LogP contribution is -2.26. The van der Waals surface area contributed by atoms with Crippen LogP contribution in [0.4, 0.5) is 11.4 Å². The summed E-state index contributed by atoms with van der Waals surface area (Å²) in [6, 6.07) is 6.08. The van der Waals surface area contributed by atoms with Crippen LogP contribution in [0.5, 0.6) is 0 Å². The van der Waals surface area contributed by atoms with Crippen LogP contribution in [-0.4, -0.2) is 32.1 Å². The van der Waals surface area contributed by atoms with E-state index in [0.717, 1.165) is 37.3 Å². The molecule has 1 atom stereocenters. The lowest BCUT2D eigenvalue weighted by atomic mass is 10.1. The van der Waals surface area contributed by atoms with Crippen molar-refractivity contribution in [2.75, 3.05) is 29.4 Å². The molecule has 5 nitrogen and oxygen atoms in total. The summed E-state index contributed by atoms with van der Waals surface area (Å²) in [6.07, 6.45) is 1.78. The highest BCUT2D eigenvalue weighted by molar-refractivity contribution is 5.81. The zero-order valence-corrected chi connectivity index (χ0v) is 10.7. The van der Waals surface area contributed by atoms with Crippen LogP contribution in [0.3, 0.4) is 0 Å². The van der Waals surface area contributed by atoms with Gasteiger partial charge in [0, 0.05) is 24.5 Å². The SMILES string of the molecule is C=C1OC(CN)CN1c1ccc2c(c1)CCN2C=O. The van der Waals surface area contributed by atoms with E-state index in [0.29, 0.717) is 12.4 Å². The van der Waals surface area contributed by atoms with Gasteiger partial charge in [0.05, 0.1) is 6.54 Å². The van der Waals surface area contributed by atoms with E-state index in [1.54, 1.807) is 4.90 Å². The van der Waals surface area contributed by atoms with E-state index >= 15 is 0 Å². The maximum Gasteiger partial charge on any atom is 0.214 e. The number of hydrogen-bond donors (Lipinski definition) is 1. The number of amides is 1. The van der Waals surface area contributed by atoms with Crippen molar-refractivity contribution in [2.24, 2.45) is 5.73 Å². The van der Waals surface area contributed by atoms with Gasteiger partial charge in [-0.1, -0.05) is 0 Å². The molecular weight excluding hydrogens is 242 g/mol. The Morgan fingerprint density at radius 2 is 2.37 bits per heavy atom. The third-order valence-corrected chi connectivity index (χ3v) is 3.69. The van der Waals surface area contributed by atoms with Gasteiger partial charge in [-0.3, -0.25) is 4.79 Å². The van der Waals surface area contributed by atoms with Gasteiger partial charge in [0.15, 0.2) is 5.88 Å². The molecule has 1 fully saturated rings. The van der Waals surface area contributed by atoms with E-state index in [2.05, 4.69) is 12.6 Å². The van der Waals surface area contributed by atoms with E-state index in [9.17, 15) is 4.79 Å². The standard InChI is InChI=1S/C14H17N3O2/c1-10-17(8-13(7-15)19-10)12-2-3-14-11(6-12)4-5-16(14)9-18/h2-3,6,9,13H,1,4-5,7-8,15H2. The Balaban J connectivity index is 1.87. The average molecular weight is 259 g/mol. The molecule has 0 saturated carbocycles. The van der Waals surface area contributed by atoms with Crippen molar-refractivity contribution in [1.29, 1.82) is 0 Å². The summed E-state index contributed by atoms with van der Waals surface area (Å²) in [4.78, 5) is 14.7. The summed E-state index contributed by atoms with van der Waals surface area (Å²) in [5.74, 6) is 0.639. The molecule has 3 rings (SSSR count). The topological polar surface area (TPSA) is 58.8 Å². The molecule has 0 spiro atoms. The molecule has 1 aromatic carbocycles. The zero-order chi connectivity index (χ0) is 13.4. The molecule has 0 aliphatic carbocycles. The molecule has 5 heteroatoms. The predicted molar refractivity (Wildman–Crippen MR) is 74.0 cm³/mol. The lowest BCUT2D eigenvalue weighted by Gasteiger charge is -2.18. The number of rotatable bonds is 3. The number of carbonyl (C=O) groups excluding carboxylic acids is 1.